The predicted molar refractivity (Wildman–Crippen MR) is 195 cm³/mol. The van der Waals surface area contributed by atoms with E-state index in [0.717, 1.165) is 48.1 Å². The molecule has 0 spiro atoms. The van der Waals surface area contributed by atoms with Crippen LogP contribution < -0.4 is 10.1 Å². The number of hydrogen-bond donors (Lipinski definition) is 6. The molecule has 3 aromatic rings. The maximum absolute atomic E-state index is 13.8. The molecule has 1 saturated heterocycles. The number of aliphatic hydroxyl groups is 5. The van der Waals surface area contributed by atoms with Gasteiger partial charge in [-0.15, -0.1) is 0 Å². The molecular weight excluding hydrogens is 726 g/mol. The fourth-order valence-corrected chi connectivity index (χ4v) is 8.40. The normalized spacial score (nSPS) is 20.0. The lowest BCUT2D eigenvalue weighted by molar-refractivity contribution is -0.126. The second-order valence-corrected chi connectivity index (χ2v) is 16.6. The number of ether oxygens (including phenoxy) is 2. The van der Waals surface area contributed by atoms with Crippen LogP contribution >= 0.6 is 11.6 Å². The maximum Gasteiger partial charge on any atom is 0.243 e. The van der Waals surface area contributed by atoms with Gasteiger partial charge in [0.1, 0.15) is 24.1 Å². The van der Waals surface area contributed by atoms with Gasteiger partial charge in [0.2, 0.25) is 15.9 Å². The smallest absolute Gasteiger partial charge is 0.243 e. The number of sulfonamides is 1. The highest BCUT2D eigenvalue weighted by Gasteiger charge is 2.48. The number of aromatic nitrogens is 1. The van der Waals surface area contributed by atoms with Gasteiger partial charge in [-0.05, 0) is 92.3 Å². The number of benzene rings is 2. The number of aliphatic hydroxyl groups excluding tert-OH is 5. The van der Waals surface area contributed by atoms with Crippen LogP contribution in [-0.2, 0) is 31.8 Å². The second kappa shape index (κ2) is 17.1. The molecule has 53 heavy (non-hydrogen) atoms. The van der Waals surface area contributed by atoms with Crippen molar-refractivity contribution in [3.8, 4) is 16.9 Å². The van der Waals surface area contributed by atoms with Crippen molar-refractivity contribution in [1.82, 2.24) is 14.6 Å². The van der Waals surface area contributed by atoms with Gasteiger partial charge in [-0.25, -0.2) is 8.42 Å². The number of nitrogens with one attached hydrogen (secondary N) is 1. The van der Waals surface area contributed by atoms with Crippen molar-refractivity contribution in [3.05, 3.63) is 77.1 Å². The molecular formula is C38H48ClN3O10S. The van der Waals surface area contributed by atoms with E-state index in [4.69, 9.17) is 26.2 Å². The van der Waals surface area contributed by atoms with Crippen LogP contribution in [0.1, 0.15) is 62.5 Å². The Morgan fingerprint density at radius 3 is 2.40 bits per heavy atom. The van der Waals surface area contributed by atoms with E-state index in [1.54, 1.807) is 18.3 Å². The topological polar surface area (TPSA) is 199 Å². The van der Waals surface area contributed by atoms with Crippen LogP contribution in [0.4, 0.5) is 0 Å². The van der Waals surface area contributed by atoms with Crippen LogP contribution in [0, 0.1) is 5.92 Å². The lowest BCUT2D eigenvalue weighted by atomic mass is 9.93. The van der Waals surface area contributed by atoms with Crippen molar-refractivity contribution in [2.75, 3.05) is 26.2 Å². The molecule has 1 aliphatic heterocycles. The van der Waals surface area contributed by atoms with E-state index >= 15 is 0 Å². The van der Waals surface area contributed by atoms with Gasteiger partial charge in [-0.3, -0.25) is 9.78 Å². The average molecular weight is 774 g/mol. The van der Waals surface area contributed by atoms with E-state index < -0.39 is 46.6 Å². The van der Waals surface area contributed by atoms with Crippen LogP contribution in [-0.4, -0.2) is 106 Å². The van der Waals surface area contributed by atoms with E-state index in [0.29, 0.717) is 29.8 Å². The Morgan fingerprint density at radius 2 is 1.70 bits per heavy atom. The Kier molecular flexibility index (Phi) is 12.7. The summed E-state index contributed by atoms with van der Waals surface area (Å²) in [6.45, 7) is -0.455. The minimum Gasteiger partial charge on any atom is -0.490 e. The predicted octanol–water partition coefficient (Wildman–Crippen LogP) is 2.88. The van der Waals surface area contributed by atoms with Crippen molar-refractivity contribution < 1.29 is 48.2 Å². The van der Waals surface area contributed by atoms with Crippen LogP contribution in [0.5, 0.6) is 5.75 Å². The van der Waals surface area contributed by atoms with Crippen molar-refractivity contribution in [1.29, 1.82) is 0 Å². The van der Waals surface area contributed by atoms with Crippen LogP contribution in [0.15, 0.2) is 65.8 Å². The fraction of sp³-hybridized carbons (Fsp3) is 0.526. The maximum atomic E-state index is 13.8. The number of hydrogen-bond acceptors (Lipinski definition) is 11. The van der Waals surface area contributed by atoms with Crippen molar-refractivity contribution in [2.24, 2.45) is 5.92 Å². The lowest BCUT2D eigenvalue weighted by Gasteiger charge is -2.31. The average Bonchev–Trinajstić information content (AvgIpc) is 4.13. The first-order valence-electron chi connectivity index (χ1n) is 18.1. The molecule has 1 aromatic heterocycles. The Balaban J connectivity index is 1.02. The van der Waals surface area contributed by atoms with Gasteiger partial charge in [0, 0.05) is 54.6 Å². The Labute approximate surface area is 314 Å². The van der Waals surface area contributed by atoms with Crippen LogP contribution in [0.3, 0.4) is 0 Å². The first kappa shape index (κ1) is 39.5. The zero-order valence-corrected chi connectivity index (χ0v) is 31.0. The van der Waals surface area contributed by atoms with Crippen molar-refractivity contribution in [2.45, 2.75) is 99.0 Å². The standard InChI is InChI=1S/C38H48ClN3O10S/c39-31-9-8-27(53(49,50)42-17-12-24(13-18-42)5-10-35(46)41-21-32(44)36(47)37(48)33(45)22-43)19-25(31)23-51-38(14-15-38)30-20-40-16-11-28(30)29-3-1-2-4-34(29)52-26-6-7-26/h1-4,8-9,11,16,19-20,24,26,32-33,36-37,43-45,47-48H,5-7,10,12-15,17-18,21-23H2,(H,41,46)/t32-,33+,36+,37+/m0/s1. The summed E-state index contributed by atoms with van der Waals surface area (Å²) in [5.41, 5.74) is 2.92. The Bertz CT molecular complexity index is 1830. The molecule has 13 nitrogen and oxygen atoms in total. The number of para-hydroxylation sites is 1. The first-order valence-corrected chi connectivity index (χ1v) is 20.0. The van der Waals surface area contributed by atoms with Gasteiger partial charge in [-0.1, -0.05) is 29.8 Å². The summed E-state index contributed by atoms with van der Waals surface area (Å²) in [4.78, 5) is 16.9. The number of rotatable bonds is 18. The van der Waals surface area contributed by atoms with E-state index in [1.807, 2.05) is 36.5 Å². The zero-order valence-electron chi connectivity index (χ0n) is 29.4. The molecule has 6 rings (SSSR count). The van der Waals surface area contributed by atoms with E-state index in [9.17, 15) is 33.6 Å². The number of nitrogens with zero attached hydrogens (tertiary/aromatic N) is 2. The van der Waals surface area contributed by atoms with E-state index in [2.05, 4.69) is 10.3 Å². The van der Waals surface area contributed by atoms with Gasteiger partial charge >= 0.3 is 0 Å². The van der Waals surface area contributed by atoms with Gasteiger partial charge in [0.05, 0.1) is 35.9 Å². The summed E-state index contributed by atoms with van der Waals surface area (Å²) in [5.74, 6) is 0.565. The molecule has 2 aliphatic carbocycles. The zero-order chi connectivity index (χ0) is 37.8. The van der Waals surface area contributed by atoms with Crippen LogP contribution in [0.2, 0.25) is 5.02 Å². The SMILES string of the molecule is O=C(CCC1CCN(S(=O)(=O)c2ccc(Cl)c(COC3(c4cnccc4-c4ccccc4OC4CC4)CC3)c2)CC1)NC[C@H](O)[C@@H](O)[C@H](O)[C@H](O)CO. The van der Waals surface area contributed by atoms with Gasteiger partial charge in [0.15, 0.2) is 0 Å². The lowest BCUT2D eigenvalue weighted by Crippen LogP contribution is -2.49. The molecule has 6 N–H and O–H groups in total. The summed E-state index contributed by atoms with van der Waals surface area (Å²) in [7, 11) is -3.83. The molecule has 0 radical (unpaired) electrons. The molecule has 288 valence electrons. The number of amides is 1. The van der Waals surface area contributed by atoms with E-state index in [-0.39, 0.29) is 55.5 Å². The monoisotopic (exact) mass is 773 g/mol. The van der Waals surface area contributed by atoms with E-state index in [1.165, 1.54) is 10.4 Å². The molecule has 4 atom stereocenters. The highest BCUT2D eigenvalue weighted by molar-refractivity contribution is 7.89. The highest BCUT2D eigenvalue weighted by atomic mass is 35.5. The Morgan fingerprint density at radius 1 is 0.981 bits per heavy atom. The third-order valence-electron chi connectivity index (χ3n) is 10.4. The molecule has 0 unspecified atom stereocenters. The fourth-order valence-electron chi connectivity index (χ4n) is 6.71. The Hall–Kier alpha value is -3.18. The molecule has 2 saturated carbocycles. The molecule has 15 heteroatoms. The summed E-state index contributed by atoms with van der Waals surface area (Å²) < 4.78 is 41.7. The van der Waals surface area contributed by atoms with Gasteiger partial charge < -0.3 is 40.3 Å². The number of piperidine rings is 1. The number of pyridine rings is 1. The largest absolute Gasteiger partial charge is 0.490 e. The quantitative estimate of drug-likeness (QED) is 0.111. The molecule has 3 fully saturated rings. The van der Waals surface area contributed by atoms with Crippen molar-refractivity contribution >= 4 is 27.5 Å². The molecule has 3 aliphatic rings. The summed E-state index contributed by atoms with van der Waals surface area (Å²) in [6, 6.07) is 14.6. The molecule has 1 amide bonds. The first-order chi connectivity index (χ1) is 25.4. The number of halogens is 1. The molecule has 2 heterocycles. The highest BCUT2D eigenvalue weighted by Crippen LogP contribution is 2.53. The van der Waals surface area contributed by atoms with Gasteiger partial charge in [-0.2, -0.15) is 4.31 Å². The summed E-state index contributed by atoms with van der Waals surface area (Å²) in [6.07, 6.45) is 2.57. The third kappa shape index (κ3) is 9.56. The van der Waals surface area contributed by atoms with Gasteiger partial charge in [0.25, 0.3) is 0 Å². The minimum atomic E-state index is -3.83. The van der Waals surface area contributed by atoms with Crippen LogP contribution in [0.25, 0.3) is 11.1 Å². The minimum absolute atomic E-state index is 0.109. The molecule has 2 aromatic carbocycles. The third-order valence-corrected chi connectivity index (χ3v) is 12.6. The molecule has 0 bridgehead atoms. The number of carbonyl (C=O) groups excluding carboxylic acids is 1. The second-order valence-electron chi connectivity index (χ2n) is 14.3. The summed E-state index contributed by atoms with van der Waals surface area (Å²) in [5, 5.41) is 50.9. The summed E-state index contributed by atoms with van der Waals surface area (Å²) >= 11 is 6.59. The van der Waals surface area contributed by atoms with Crippen molar-refractivity contribution in [3.63, 3.8) is 0 Å². The number of carbonyl (C=O) groups is 1.